The minimum atomic E-state index is 0.743. The standard InChI is InChI=1S/C10H13NOS/c1-7(13)9-5-4-8(12-3)6-10(9)11-2/h4-6,11,13H,1H2,2-3H3. The van der Waals surface area contributed by atoms with Crippen LogP contribution in [0.15, 0.2) is 24.8 Å². The molecule has 0 heterocycles. The summed E-state index contributed by atoms with van der Waals surface area (Å²) in [5.41, 5.74) is 1.96. The third kappa shape index (κ3) is 2.18. The van der Waals surface area contributed by atoms with Gasteiger partial charge in [0.1, 0.15) is 5.75 Å². The van der Waals surface area contributed by atoms with Gasteiger partial charge < -0.3 is 10.1 Å². The Bertz CT molecular complexity index is 323. The number of benzene rings is 1. The molecule has 0 atom stereocenters. The van der Waals surface area contributed by atoms with Crippen molar-refractivity contribution >= 4 is 23.2 Å². The molecular formula is C10H13NOS. The van der Waals surface area contributed by atoms with Gasteiger partial charge in [-0.05, 0) is 12.1 Å². The van der Waals surface area contributed by atoms with Crippen LogP contribution in [0.4, 0.5) is 5.69 Å². The zero-order chi connectivity index (χ0) is 9.84. The van der Waals surface area contributed by atoms with Crippen molar-refractivity contribution in [2.24, 2.45) is 0 Å². The second-order valence-corrected chi connectivity index (χ2v) is 3.15. The summed E-state index contributed by atoms with van der Waals surface area (Å²) in [6.07, 6.45) is 0. The summed E-state index contributed by atoms with van der Waals surface area (Å²) in [4.78, 5) is 0.743. The van der Waals surface area contributed by atoms with Gasteiger partial charge in [-0.1, -0.05) is 6.58 Å². The zero-order valence-corrected chi connectivity index (χ0v) is 8.69. The van der Waals surface area contributed by atoms with Crippen LogP contribution in [0.3, 0.4) is 0 Å². The molecule has 0 amide bonds. The lowest BCUT2D eigenvalue weighted by atomic mass is 10.1. The minimum absolute atomic E-state index is 0.743. The highest BCUT2D eigenvalue weighted by atomic mass is 32.1. The molecule has 1 rings (SSSR count). The first-order valence-corrected chi connectivity index (χ1v) is 4.37. The molecule has 0 unspecified atom stereocenters. The Morgan fingerprint density at radius 3 is 2.69 bits per heavy atom. The number of hydrogen-bond acceptors (Lipinski definition) is 3. The summed E-state index contributed by atoms with van der Waals surface area (Å²) >= 11 is 4.20. The molecule has 1 N–H and O–H groups in total. The van der Waals surface area contributed by atoms with Crippen molar-refractivity contribution in [1.29, 1.82) is 0 Å². The number of nitrogens with one attached hydrogen (secondary N) is 1. The van der Waals surface area contributed by atoms with Crippen LogP contribution in [0.1, 0.15) is 5.56 Å². The van der Waals surface area contributed by atoms with Crippen molar-refractivity contribution in [2.75, 3.05) is 19.5 Å². The lowest BCUT2D eigenvalue weighted by molar-refractivity contribution is 0.415. The molecule has 0 radical (unpaired) electrons. The van der Waals surface area contributed by atoms with E-state index in [-0.39, 0.29) is 0 Å². The van der Waals surface area contributed by atoms with Gasteiger partial charge in [-0.15, -0.1) is 12.6 Å². The lowest BCUT2D eigenvalue weighted by Crippen LogP contribution is -1.94. The van der Waals surface area contributed by atoms with E-state index in [0.717, 1.165) is 21.9 Å². The predicted molar refractivity (Wildman–Crippen MR) is 60.6 cm³/mol. The Kier molecular flexibility index (Phi) is 3.25. The lowest BCUT2D eigenvalue weighted by Gasteiger charge is -2.09. The van der Waals surface area contributed by atoms with Crippen LogP contribution >= 0.6 is 12.6 Å². The Morgan fingerprint density at radius 2 is 2.23 bits per heavy atom. The summed E-state index contributed by atoms with van der Waals surface area (Å²) in [5, 5.41) is 3.06. The molecule has 1 aromatic rings. The SMILES string of the molecule is C=C(S)c1ccc(OC)cc1NC. The molecule has 0 saturated heterocycles. The van der Waals surface area contributed by atoms with Gasteiger partial charge in [0.2, 0.25) is 0 Å². The summed E-state index contributed by atoms with van der Waals surface area (Å²) in [6.45, 7) is 3.77. The Morgan fingerprint density at radius 1 is 1.54 bits per heavy atom. The second kappa shape index (κ2) is 4.23. The summed E-state index contributed by atoms with van der Waals surface area (Å²) < 4.78 is 5.10. The molecule has 70 valence electrons. The fraction of sp³-hybridized carbons (Fsp3) is 0.200. The topological polar surface area (TPSA) is 21.3 Å². The van der Waals surface area contributed by atoms with Crippen LogP contribution in [0.2, 0.25) is 0 Å². The highest BCUT2D eigenvalue weighted by Crippen LogP contribution is 2.28. The quantitative estimate of drug-likeness (QED) is 0.723. The molecule has 0 aliphatic rings. The summed E-state index contributed by atoms with van der Waals surface area (Å²) in [7, 11) is 3.50. The molecule has 0 aliphatic carbocycles. The van der Waals surface area contributed by atoms with Gasteiger partial charge in [0.05, 0.1) is 7.11 Å². The van der Waals surface area contributed by atoms with Crippen molar-refractivity contribution in [2.45, 2.75) is 0 Å². The highest BCUT2D eigenvalue weighted by Gasteiger charge is 2.03. The molecule has 0 bridgehead atoms. The van der Waals surface area contributed by atoms with Gasteiger partial charge in [0.15, 0.2) is 0 Å². The van der Waals surface area contributed by atoms with E-state index in [0.29, 0.717) is 0 Å². The number of thiol groups is 1. The van der Waals surface area contributed by atoms with Gasteiger partial charge in [-0.25, -0.2) is 0 Å². The number of hydrogen-bond donors (Lipinski definition) is 2. The average Bonchev–Trinajstić information content (AvgIpc) is 2.16. The molecule has 0 aliphatic heterocycles. The van der Waals surface area contributed by atoms with Crippen molar-refractivity contribution < 1.29 is 4.74 Å². The number of rotatable bonds is 3. The monoisotopic (exact) mass is 195 g/mol. The van der Waals surface area contributed by atoms with E-state index >= 15 is 0 Å². The van der Waals surface area contributed by atoms with Crippen molar-refractivity contribution in [1.82, 2.24) is 0 Å². The van der Waals surface area contributed by atoms with Crippen LogP contribution in [0.5, 0.6) is 5.75 Å². The van der Waals surface area contributed by atoms with E-state index in [1.54, 1.807) is 7.11 Å². The molecule has 13 heavy (non-hydrogen) atoms. The third-order valence-corrected chi connectivity index (χ3v) is 2.05. The Balaban J connectivity index is 3.15. The smallest absolute Gasteiger partial charge is 0.120 e. The van der Waals surface area contributed by atoms with Gasteiger partial charge in [0, 0.05) is 29.3 Å². The largest absolute Gasteiger partial charge is 0.497 e. The molecular weight excluding hydrogens is 182 g/mol. The first kappa shape index (κ1) is 9.99. The van der Waals surface area contributed by atoms with Gasteiger partial charge in [0.25, 0.3) is 0 Å². The van der Waals surface area contributed by atoms with Crippen LogP contribution < -0.4 is 10.1 Å². The molecule has 2 nitrogen and oxygen atoms in total. The van der Waals surface area contributed by atoms with E-state index < -0.39 is 0 Å². The van der Waals surface area contributed by atoms with Crippen LogP contribution in [-0.2, 0) is 0 Å². The first-order valence-electron chi connectivity index (χ1n) is 3.93. The number of ether oxygens (including phenoxy) is 1. The van der Waals surface area contributed by atoms with E-state index in [4.69, 9.17) is 4.74 Å². The molecule has 0 spiro atoms. The second-order valence-electron chi connectivity index (χ2n) is 2.61. The van der Waals surface area contributed by atoms with Crippen LogP contribution in [0.25, 0.3) is 4.91 Å². The first-order chi connectivity index (χ1) is 6.19. The van der Waals surface area contributed by atoms with Gasteiger partial charge in [-0.2, -0.15) is 0 Å². The van der Waals surface area contributed by atoms with Crippen LogP contribution in [-0.4, -0.2) is 14.2 Å². The van der Waals surface area contributed by atoms with Crippen molar-refractivity contribution in [3.63, 3.8) is 0 Å². The summed E-state index contributed by atoms with van der Waals surface area (Å²) in [6, 6.07) is 5.73. The molecule has 0 fully saturated rings. The van der Waals surface area contributed by atoms with E-state index in [1.165, 1.54) is 0 Å². The zero-order valence-electron chi connectivity index (χ0n) is 7.79. The van der Waals surface area contributed by atoms with E-state index in [9.17, 15) is 0 Å². The minimum Gasteiger partial charge on any atom is -0.497 e. The van der Waals surface area contributed by atoms with E-state index in [1.807, 2.05) is 25.2 Å². The fourth-order valence-electron chi connectivity index (χ4n) is 1.11. The van der Waals surface area contributed by atoms with Crippen molar-refractivity contribution in [3.05, 3.63) is 30.3 Å². The Labute approximate surface area is 84.0 Å². The normalized spacial score (nSPS) is 9.46. The maximum Gasteiger partial charge on any atom is 0.120 e. The van der Waals surface area contributed by atoms with Gasteiger partial charge >= 0.3 is 0 Å². The van der Waals surface area contributed by atoms with Crippen LogP contribution in [0, 0.1) is 0 Å². The molecule has 3 heteroatoms. The fourth-order valence-corrected chi connectivity index (χ4v) is 1.30. The third-order valence-electron chi connectivity index (χ3n) is 1.81. The molecule has 0 saturated carbocycles. The number of anilines is 1. The molecule has 0 aromatic heterocycles. The summed E-state index contributed by atoms with van der Waals surface area (Å²) in [5.74, 6) is 0.822. The van der Waals surface area contributed by atoms with Crippen molar-refractivity contribution in [3.8, 4) is 5.75 Å². The average molecular weight is 195 g/mol. The molecule has 1 aromatic carbocycles. The highest BCUT2D eigenvalue weighted by molar-refractivity contribution is 7.90. The van der Waals surface area contributed by atoms with Gasteiger partial charge in [-0.3, -0.25) is 0 Å². The maximum absolute atomic E-state index is 5.10. The maximum atomic E-state index is 5.10. The Hall–Kier alpha value is -1.09. The number of methoxy groups -OCH3 is 1. The predicted octanol–water partition coefficient (Wildman–Crippen LogP) is 2.64. The van der Waals surface area contributed by atoms with E-state index in [2.05, 4.69) is 24.5 Å².